The van der Waals surface area contributed by atoms with Crippen molar-refractivity contribution in [3.05, 3.63) is 0 Å². The van der Waals surface area contributed by atoms with Gasteiger partial charge < -0.3 is 0 Å². The highest BCUT2D eigenvalue weighted by Crippen LogP contribution is 2.15. The van der Waals surface area contributed by atoms with Gasteiger partial charge in [-0.3, -0.25) is 9.59 Å². The van der Waals surface area contributed by atoms with Gasteiger partial charge >= 0.3 is 0 Å². The zero-order chi connectivity index (χ0) is 9.68. The van der Waals surface area contributed by atoms with Gasteiger partial charge in [-0.25, -0.2) is 0 Å². The van der Waals surface area contributed by atoms with E-state index in [4.69, 9.17) is 0 Å². The van der Waals surface area contributed by atoms with E-state index >= 15 is 0 Å². The molecule has 1 fully saturated rings. The first-order valence-electron chi connectivity index (χ1n) is 5.27. The molecule has 0 spiro atoms. The third-order valence-electron chi connectivity index (χ3n) is 2.81. The second-order valence-corrected chi connectivity index (χ2v) is 3.92. The average molecular weight is 182 g/mol. The molecule has 2 nitrogen and oxygen atoms in total. The van der Waals surface area contributed by atoms with Crippen LogP contribution < -0.4 is 0 Å². The topological polar surface area (TPSA) is 34.1 Å². The SMILES string of the molecule is CC1C(=O)CCCCCCCC1=O. The van der Waals surface area contributed by atoms with Crippen LogP contribution in [-0.4, -0.2) is 11.6 Å². The quantitative estimate of drug-likeness (QED) is 0.539. The zero-order valence-corrected chi connectivity index (χ0v) is 8.34. The molecule has 74 valence electrons. The monoisotopic (exact) mass is 182 g/mol. The number of Topliss-reactive ketones (excluding diaryl/α,β-unsaturated/α-hetero) is 2. The van der Waals surface area contributed by atoms with E-state index in [1.807, 2.05) is 0 Å². The van der Waals surface area contributed by atoms with E-state index in [1.165, 1.54) is 6.42 Å². The fourth-order valence-electron chi connectivity index (χ4n) is 1.74. The van der Waals surface area contributed by atoms with Gasteiger partial charge in [0, 0.05) is 12.8 Å². The van der Waals surface area contributed by atoms with E-state index < -0.39 is 0 Å². The van der Waals surface area contributed by atoms with Gasteiger partial charge in [0.15, 0.2) is 0 Å². The molecule has 0 unspecified atom stereocenters. The fraction of sp³-hybridized carbons (Fsp3) is 0.818. The molecular weight excluding hydrogens is 164 g/mol. The molecule has 0 aromatic carbocycles. The lowest BCUT2D eigenvalue weighted by molar-refractivity contribution is -0.132. The Kier molecular flexibility index (Phi) is 4.13. The number of rotatable bonds is 0. The summed E-state index contributed by atoms with van der Waals surface area (Å²) in [7, 11) is 0. The van der Waals surface area contributed by atoms with Gasteiger partial charge in [0.1, 0.15) is 11.6 Å². The van der Waals surface area contributed by atoms with Crippen molar-refractivity contribution in [3.63, 3.8) is 0 Å². The molecule has 0 aromatic rings. The maximum atomic E-state index is 11.4. The number of carbonyl (C=O) groups is 2. The molecule has 13 heavy (non-hydrogen) atoms. The van der Waals surface area contributed by atoms with Crippen molar-refractivity contribution in [1.29, 1.82) is 0 Å². The Morgan fingerprint density at radius 3 is 1.69 bits per heavy atom. The molecule has 1 aliphatic carbocycles. The van der Waals surface area contributed by atoms with Crippen LogP contribution in [0.2, 0.25) is 0 Å². The van der Waals surface area contributed by atoms with Crippen molar-refractivity contribution in [3.8, 4) is 0 Å². The second kappa shape index (κ2) is 5.15. The molecule has 1 aliphatic rings. The van der Waals surface area contributed by atoms with Crippen LogP contribution in [0.4, 0.5) is 0 Å². The molecule has 0 amide bonds. The summed E-state index contributed by atoms with van der Waals surface area (Å²) in [6.07, 6.45) is 6.61. The van der Waals surface area contributed by atoms with Gasteiger partial charge in [-0.1, -0.05) is 19.3 Å². The maximum Gasteiger partial charge on any atom is 0.143 e. The predicted octanol–water partition coefficient (Wildman–Crippen LogP) is 2.51. The highest BCUT2D eigenvalue weighted by Gasteiger charge is 2.20. The lowest BCUT2D eigenvalue weighted by atomic mass is 9.91. The van der Waals surface area contributed by atoms with Gasteiger partial charge in [-0.15, -0.1) is 0 Å². The van der Waals surface area contributed by atoms with E-state index in [0.29, 0.717) is 12.8 Å². The first-order valence-corrected chi connectivity index (χ1v) is 5.27. The summed E-state index contributed by atoms with van der Waals surface area (Å²) in [4.78, 5) is 22.8. The maximum absolute atomic E-state index is 11.4. The Morgan fingerprint density at radius 1 is 0.846 bits per heavy atom. The normalized spacial score (nSPS) is 23.2. The molecule has 1 rings (SSSR count). The standard InChI is InChI=1S/C11H18O2/c1-9-10(12)7-5-3-2-4-6-8-11(9)13/h9H,2-8H2,1H3. The van der Waals surface area contributed by atoms with Crippen LogP contribution in [0.1, 0.15) is 51.9 Å². The summed E-state index contributed by atoms with van der Waals surface area (Å²) >= 11 is 0. The average Bonchev–Trinajstić information content (AvgIpc) is 2.13. The Hall–Kier alpha value is -0.660. The number of ketones is 2. The van der Waals surface area contributed by atoms with E-state index in [2.05, 4.69) is 0 Å². The fourth-order valence-corrected chi connectivity index (χ4v) is 1.74. The minimum Gasteiger partial charge on any atom is -0.299 e. The molecule has 0 N–H and O–H groups in total. The molecule has 2 heteroatoms. The van der Waals surface area contributed by atoms with Crippen LogP contribution in [-0.2, 0) is 9.59 Å². The molecule has 0 aromatic heterocycles. The summed E-state index contributed by atoms with van der Waals surface area (Å²) in [5, 5.41) is 0. The van der Waals surface area contributed by atoms with Crippen molar-refractivity contribution in [2.75, 3.05) is 0 Å². The van der Waals surface area contributed by atoms with Crippen LogP contribution in [0.25, 0.3) is 0 Å². The first kappa shape index (κ1) is 10.4. The van der Waals surface area contributed by atoms with Crippen molar-refractivity contribution >= 4 is 11.6 Å². The lowest BCUT2D eigenvalue weighted by Gasteiger charge is -2.11. The third-order valence-corrected chi connectivity index (χ3v) is 2.81. The highest BCUT2D eigenvalue weighted by molar-refractivity contribution is 6.01. The molecule has 0 bridgehead atoms. The van der Waals surface area contributed by atoms with Gasteiger partial charge in [-0.2, -0.15) is 0 Å². The predicted molar refractivity (Wildman–Crippen MR) is 51.5 cm³/mol. The smallest absolute Gasteiger partial charge is 0.143 e. The Balaban J connectivity index is 2.50. The van der Waals surface area contributed by atoms with Crippen molar-refractivity contribution in [1.82, 2.24) is 0 Å². The van der Waals surface area contributed by atoms with Crippen LogP contribution in [0.3, 0.4) is 0 Å². The van der Waals surface area contributed by atoms with Gasteiger partial charge in [0.25, 0.3) is 0 Å². The Bertz CT molecular complexity index is 176. The summed E-state index contributed by atoms with van der Waals surface area (Å²) < 4.78 is 0. The van der Waals surface area contributed by atoms with E-state index in [1.54, 1.807) is 6.92 Å². The molecule has 0 aliphatic heterocycles. The zero-order valence-electron chi connectivity index (χ0n) is 8.34. The Labute approximate surface area is 79.7 Å². The third kappa shape index (κ3) is 3.29. The van der Waals surface area contributed by atoms with Gasteiger partial charge in [-0.05, 0) is 19.8 Å². The molecular formula is C11H18O2. The number of carbonyl (C=O) groups excluding carboxylic acids is 2. The van der Waals surface area contributed by atoms with E-state index in [9.17, 15) is 9.59 Å². The summed E-state index contributed by atoms with van der Waals surface area (Å²) in [5.74, 6) is -0.0445. The van der Waals surface area contributed by atoms with Crippen molar-refractivity contribution < 1.29 is 9.59 Å². The molecule has 1 saturated carbocycles. The van der Waals surface area contributed by atoms with E-state index in [-0.39, 0.29) is 17.5 Å². The van der Waals surface area contributed by atoms with Crippen LogP contribution >= 0.6 is 0 Å². The lowest BCUT2D eigenvalue weighted by Crippen LogP contribution is -2.21. The molecule has 0 radical (unpaired) electrons. The second-order valence-electron chi connectivity index (χ2n) is 3.92. The van der Waals surface area contributed by atoms with Crippen molar-refractivity contribution in [2.24, 2.45) is 5.92 Å². The Morgan fingerprint density at radius 2 is 1.23 bits per heavy atom. The number of hydrogen-bond donors (Lipinski definition) is 0. The van der Waals surface area contributed by atoms with E-state index in [0.717, 1.165) is 25.7 Å². The molecule has 0 heterocycles. The number of hydrogen-bond acceptors (Lipinski definition) is 2. The first-order chi connectivity index (χ1) is 6.22. The molecule has 0 saturated heterocycles. The minimum absolute atomic E-state index is 0.145. The largest absolute Gasteiger partial charge is 0.299 e. The minimum atomic E-state index is -0.335. The van der Waals surface area contributed by atoms with Crippen molar-refractivity contribution in [2.45, 2.75) is 51.9 Å². The molecule has 0 atom stereocenters. The van der Waals surface area contributed by atoms with Crippen LogP contribution in [0.5, 0.6) is 0 Å². The van der Waals surface area contributed by atoms with Gasteiger partial charge in [0.2, 0.25) is 0 Å². The van der Waals surface area contributed by atoms with Gasteiger partial charge in [0.05, 0.1) is 5.92 Å². The summed E-state index contributed by atoms with van der Waals surface area (Å²) in [6.45, 7) is 1.76. The van der Waals surface area contributed by atoms with Crippen LogP contribution in [0.15, 0.2) is 0 Å². The summed E-state index contributed by atoms with van der Waals surface area (Å²) in [6, 6.07) is 0. The highest BCUT2D eigenvalue weighted by atomic mass is 16.1. The summed E-state index contributed by atoms with van der Waals surface area (Å²) in [5.41, 5.74) is 0. The van der Waals surface area contributed by atoms with Crippen LogP contribution in [0, 0.1) is 5.92 Å².